The number of carbonyl (C=O) groups excluding carboxylic acids is 1. The molecule has 0 unspecified atom stereocenters. The fraction of sp³-hybridized carbons (Fsp3) is 0.364. The molecule has 0 saturated carbocycles. The van der Waals surface area contributed by atoms with Gasteiger partial charge < -0.3 is 17.7 Å². The molecule has 0 aliphatic heterocycles. The molecule has 0 aliphatic carbocycles. The van der Waals surface area contributed by atoms with Crippen molar-refractivity contribution < 1.29 is 73.9 Å². The molecule has 21 heavy (non-hydrogen) atoms. The first-order valence-electron chi connectivity index (χ1n) is 5.63. The maximum atomic E-state index is 13.2. The molecule has 1 aromatic carbocycles. The molecular formula is C11H12BF3KN3O2. The fourth-order valence-corrected chi connectivity index (χ4v) is 2.32. The maximum Gasteiger partial charge on any atom is 1.00 e. The number of hydrogen-bond acceptors (Lipinski definition) is 3. The number of hydrogen-bond donors (Lipinski definition) is 0. The van der Waals surface area contributed by atoms with Gasteiger partial charge in [0.2, 0.25) is 0 Å². The molecule has 0 saturated heterocycles. The van der Waals surface area contributed by atoms with E-state index in [0.717, 1.165) is 7.11 Å². The van der Waals surface area contributed by atoms with Crippen molar-refractivity contribution in [1.82, 2.24) is 0 Å². The van der Waals surface area contributed by atoms with Crippen molar-refractivity contribution in [2.24, 2.45) is 5.11 Å². The van der Waals surface area contributed by atoms with Crippen LogP contribution in [0.4, 0.5) is 18.6 Å². The molecule has 0 N–H and O–H groups in total. The zero-order valence-electron chi connectivity index (χ0n) is 12.4. The number of nitrogens with zero attached hydrogens (tertiary/aromatic N) is 3. The summed E-state index contributed by atoms with van der Waals surface area (Å²) >= 11 is 0. The molecule has 10 heteroatoms. The molecule has 1 rings (SSSR count). The second-order valence-electron chi connectivity index (χ2n) is 4.27. The molecule has 0 aliphatic rings. The fourth-order valence-electron chi connectivity index (χ4n) is 2.32. The van der Waals surface area contributed by atoms with E-state index in [1.165, 1.54) is 20.8 Å². The van der Waals surface area contributed by atoms with Crippen LogP contribution in [0.2, 0.25) is 0 Å². The summed E-state index contributed by atoms with van der Waals surface area (Å²) in [6, 6.07) is 0. The van der Waals surface area contributed by atoms with Gasteiger partial charge in [-0.15, -0.1) is 5.46 Å². The first kappa shape index (κ1) is 20.5. The molecule has 0 radical (unpaired) electrons. The summed E-state index contributed by atoms with van der Waals surface area (Å²) in [7, 11) is 1.08. The minimum Gasteiger partial charge on any atom is -0.465 e. The molecule has 0 heterocycles. The molecule has 0 fully saturated rings. The number of azide groups is 1. The monoisotopic (exact) mass is 325 g/mol. The summed E-state index contributed by atoms with van der Waals surface area (Å²) in [6.07, 6.45) is 0. The standard InChI is InChI=1S/C11H12BF3N3O2.K/c1-5-8(11(19)20-4)6(2)10(17-18-16)7(3)9(5)12(13,14)15;/h1-4H3;/q-1;+1. The summed E-state index contributed by atoms with van der Waals surface area (Å²) < 4.78 is 44.1. The van der Waals surface area contributed by atoms with Gasteiger partial charge in [-0.3, -0.25) is 0 Å². The van der Waals surface area contributed by atoms with Crippen LogP contribution in [0.1, 0.15) is 27.0 Å². The Balaban J connectivity index is 0.00000400. The summed E-state index contributed by atoms with van der Waals surface area (Å²) in [5.74, 6) is -0.893. The van der Waals surface area contributed by atoms with Crippen LogP contribution in [0, 0.1) is 20.8 Å². The van der Waals surface area contributed by atoms with Gasteiger partial charge in [0, 0.05) is 10.6 Å². The van der Waals surface area contributed by atoms with Crippen LogP contribution in [0.25, 0.3) is 10.4 Å². The topological polar surface area (TPSA) is 75.1 Å². The molecule has 0 atom stereocenters. The largest absolute Gasteiger partial charge is 1.00 e. The zero-order chi connectivity index (χ0) is 15.7. The average Bonchev–Trinajstić information content (AvgIpc) is 2.32. The molecular weight excluding hydrogens is 313 g/mol. The Labute approximate surface area is 162 Å². The van der Waals surface area contributed by atoms with Crippen molar-refractivity contribution in [2.75, 3.05) is 7.11 Å². The quantitative estimate of drug-likeness (QED) is 0.265. The number of benzene rings is 1. The Morgan fingerprint density at radius 1 is 1.19 bits per heavy atom. The van der Waals surface area contributed by atoms with Gasteiger partial charge >= 0.3 is 64.3 Å². The number of methoxy groups -OCH3 is 1. The summed E-state index contributed by atoms with van der Waals surface area (Å²) in [6.45, 7) is -1.51. The minimum absolute atomic E-state index is 0. The van der Waals surface area contributed by atoms with Gasteiger partial charge in [0.15, 0.2) is 0 Å². The SMILES string of the molecule is COC(=O)c1c(C)c(N=[N+]=[N-])c(C)c([B-](F)(F)F)c1C.[K+]. The normalized spacial score (nSPS) is 10.4. The van der Waals surface area contributed by atoms with Gasteiger partial charge in [-0.05, 0) is 31.9 Å². The Kier molecular flexibility index (Phi) is 7.48. The van der Waals surface area contributed by atoms with Crippen molar-refractivity contribution in [1.29, 1.82) is 0 Å². The van der Waals surface area contributed by atoms with E-state index >= 15 is 0 Å². The Morgan fingerprint density at radius 2 is 1.71 bits per heavy atom. The number of esters is 1. The second kappa shape index (κ2) is 7.66. The Morgan fingerprint density at radius 3 is 2.10 bits per heavy atom. The van der Waals surface area contributed by atoms with Gasteiger partial charge in [0.25, 0.3) is 0 Å². The van der Waals surface area contributed by atoms with Crippen LogP contribution >= 0.6 is 0 Å². The van der Waals surface area contributed by atoms with Crippen LogP contribution in [0.3, 0.4) is 0 Å². The zero-order valence-corrected chi connectivity index (χ0v) is 15.5. The van der Waals surface area contributed by atoms with Crippen LogP contribution in [0.5, 0.6) is 0 Å². The van der Waals surface area contributed by atoms with Crippen molar-refractivity contribution in [3.63, 3.8) is 0 Å². The second-order valence-corrected chi connectivity index (χ2v) is 4.27. The maximum absolute atomic E-state index is 13.2. The molecule has 0 aromatic heterocycles. The minimum atomic E-state index is -5.35. The molecule has 1 aromatic rings. The Bertz CT molecular complexity index is 628. The van der Waals surface area contributed by atoms with Crippen LogP contribution < -0.4 is 56.8 Å². The Hall–Kier alpha value is -0.509. The van der Waals surface area contributed by atoms with E-state index in [1.807, 2.05) is 0 Å². The third-order valence-electron chi connectivity index (χ3n) is 3.13. The van der Waals surface area contributed by atoms with Gasteiger partial charge in [0.05, 0.1) is 12.7 Å². The van der Waals surface area contributed by atoms with Crippen molar-refractivity contribution in [3.05, 3.63) is 32.7 Å². The predicted molar refractivity (Wildman–Crippen MR) is 69.5 cm³/mol. The van der Waals surface area contributed by atoms with Crippen molar-refractivity contribution >= 4 is 24.1 Å². The average molecular weight is 325 g/mol. The van der Waals surface area contributed by atoms with Gasteiger partial charge in [-0.1, -0.05) is 16.2 Å². The van der Waals surface area contributed by atoms with E-state index < -0.39 is 18.4 Å². The van der Waals surface area contributed by atoms with E-state index in [0.29, 0.717) is 0 Å². The van der Waals surface area contributed by atoms with Crippen molar-refractivity contribution in [3.8, 4) is 0 Å². The van der Waals surface area contributed by atoms with E-state index in [9.17, 15) is 17.7 Å². The summed E-state index contributed by atoms with van der Waals surface area (Å²) in [5.41, 5.74) is 6.95. The smallest absolute Gasteiger partial charge is 0.465 e. The number of halogens is 3. The number of carbonyl (C=O) groups is 1. The predicted octanol–water partition coefficient (Wildman–Crippen LogP) is 0.399. The van der Waals surface area contributed by atoms with Crippen LogP contribution in [-0.4, -0.2) is 20.1 Å². The number of ether oxygens (including phenoxy) is 1. The van der Waals surface area contributed by atoms with E-state index in [1.54, 1.807) is 0 Å². The first-order chi connectivity index (χ1) is 9.16. The number of rotatable bonds is 3. The van der Waals surface area contributed by atoms with Gasteiger partial charge in [0.1, 0.15) is 0 Å². The third kappa shape index (κ3) is 4.02. The van der Waals surface area contributed by atoms with Crippen molar-refractivity contribution in [2.45, 2.75) is 20.8 Å². The van der Waals surface area contributed by atoms with Gasteiger partial charge in [-0.25, -0.2) is 4.79 Å². The molecule has 5 nitrogen and oxygen atoms in total. The molecule has 0 amide bonds. The third-order valence-corrected chi connectivity index (χ3v) is 3.13. The van der Waals surface area contributed by atoms with Crippen LogP contribution in [0.15, 0.2) is 5.11 Å². The molecule has 0 spiro atoms. The summed E-state index contributed by atoms with van der Waals surface area (Å²) in [4.78, 5) is 14.2. The van der Waals surface area contributed by atoms with E-state index in [4.69, 9.17) is 5.53 Å². The van der Waals surface area contributed by atoms with Gasteiger partial charge in [-0.2, -0.15) is 0 Å². The molecule has 108 valence electrons. The molecule has 0 bridgehead atoms. The van der Waals surface area contributed by atoms with E-state index in [-0.39, 0.29) is 79.3 Å². The van der Waals surface area contributed by atoms with E-state index in [2.05, 4.69) is 14.8 Å². The van der Waals surface area contributed by atoms with Crippen LogP contribution in [-0.2, 0) is 4.74 Å². The summed E-state index contributed by atoms with van der Waals surface area (Å²) in [5, 5.41) is 3.28. The first-order valence-corrected chi connectivity index (χ1v) is 5.63.